The lowest BCUT2D eigenvalue weighted by Crippen LogP contribution is -2.39. The molecule has 0 saturated carbocycles. The predicted octanol–water partition coefficient (Wildman–Crippen LogP) is 1.37. The minimum atomic E-state index is -3.85. The summed E-state index contributed by atoms with van der Waals surface area (Å²) in [7, 11) is -3.85. The minimum absolute atomic E-state index is 0.0184. The normalized spacial score (nSPS) is 11.1. The molecule has 0 saturated heterocycles. The topological polar surface area (TPSA) is 101 Å². The van der Waals surface area contributed by atoms with Crippen LogP contribution in [0.4, 0.5) is 10.5 Å². The molecule has 0 aromatic heterocycles. The van der Waals surface area contributed by atoms with Gasteiger partial charge in [0.1, 0.15) is 0 Å². The maximum absolute atomic E-state index is 11.9. The number of benzene rings is 1. The zero-order chi connectivity index (χ0) is 14.5. The molecule has 0 aliphatic heterocycles. The van der Waals surface area contributed by atoms with E-state index >= 15 is 0 Å². The first-order valence-corrected chi connectivity index (χ1v) is 7.52. The summed E-state index contributed by atoms with van der Waals surface area (Å²) in [5.41, 5.74) is 6.77. The summed E-state index contributed by atoms with van der Waals surface area (Å²) in [6.45, 7) is 4.13. The highest BCUT2D eigenvalue weighted by Crippen LogP contribution is 2.16. The molecule has 7 heteroatoms. The average molecular weight is 285 g/mol. The summed E-state index contributed by atoms with van der Waals surface area (Å²) < 4.78 is 25.8. The molecule has 0 unspecified atom stereocenters. The Labute approximate surface area is 113 Å². The number of rotatable bonds is 5. The summed E-state index contributed by atoms with van der Waals surface area (Å²) >= 11 is 0. The number of unbranched alkanes of at least 4 members (excludes halogenated alkanes) is 1. The van der Waals surface area contributed by atoms with Crippen LogP contribution in [0.5, 0.6) is 0 Å². The Morgan fingerprint density at radius 3 is 2.63 bits per heavy atom. The highest BCUT2D eigenvalue weighted by atomic mass is 32.2. The Kier molecular flexibility index (Phi) is 5.17. The zero-order valence-electron chi connectivity index (χ0n) is 11.1. The molecule has 1 aromatic rings. The van der Waals surface area contributed by atoms with E-state index in [1.807, 2.05) is 11.6 Å². The number of sulfonamides is 1. The van der Waals surface area contributed by atoms with Crippen LogP contribution in [0, 0.1) is 6.92 Å². The van der Waals surface area contributed by atoms with E-state index in [9.17, 15) is 13.2 Å². The SMILES string of the molecule is CCCCNC(=O)NS(=O)(=O)c1ccc(N)c(C)c1. The molecular weight excluding hydrogens is 266 g/mol. The Balaban J connectivity index is 2.75. The van der Waals surface area contributed by atoms with Gasteiger partial charge in [0, 0.05) is 12.2 Å². The standard InChI is InChI=1S/C12H19N3O3S/c1-3-4-7-14-12(16)15-19(17,18)10-5-6-11(13)9(2)8-10/h5-6,8H,3-4,7,13H2,1-2H3,(H2,14,15,16). The lowest BCUT2D eigenvalue weighted by Gasteiger charge is -2.09. The molecule has 0 heterocycles. The monoisotopic (exact) mass is 285 g/mol. The third-order valence-corrected chi connectivity index (χ3v) is 3.92. The van der Waals surface area contributed by atoms with Crippen LogP contribution in [-0.2, 0) is 10.0 Å². The second-order valence-corrected chi connectivity index (χ2v) is 5.92. The van der Waals surface area contributed by atoms with E-state index < -0.39 is 16.1 Å². The fourth-order valence-corrected chi connectivity index (χ4v) is 2.42. The number of nitrogens with two attached hydrogens (primary N) is 1. The van der Waals surface area contributed by atoms with Crippen LogP contribution in [0.1, 0.15) is 25.3 Å². The van der Waals surface area contributed by atoms with Gasteiger partial charge in [0.15, 0.2) is 0 Å². The number of hydrogen-bond donors (Lipinski definition) is 3. The molecule has 0 fully saturated rings. The largest absolute Gasteiger partial charge is 0.399 e. The van der Waals surface area contributed by atoms with E-state index in [1.54, 1.807) is 6.92 Å². The summed E-state index contributed by atoms with van der Waals surface area (Å²) in [6, 6.07) is 3.57. The van der Waals surface area contributed by atoms with Gasteiger partial charge in [-0.3, -0.25) is 0 Å². The molecular formula is C12H19N3O3S. The van der Waals surface area contributed by atoms with Gasteiger partial charge in [-0.25, -0.2) is 17.9 Å². The number of nitrogens with one attached hydrogen (secondary N) is 2. The molecule has 106 valence electrons. The van der Waals surface area contributed by atoms with E-state index in [0.717, 1.165) is 12.8 Å². The Hall–Kier alpha value is -1.76. The van der Waals surface area contributed by atoms with Crippen LogP contribution >= 0.6 is 0 Å². The van der Waals surface area contributed by atoms with Gasteiger partial charge in [0.05, 0.1) is 4.90 Å². The number of carbonyl (C=O) groups is 1. The van der Waals surface area contributed by atoms with E-state index in [4.69, 9.17) is 5.73 Å². The minimum Gasteiger partial charge on any atom is -0.399 e. The average Bonchev–Trinajstić information content (AvgIpc) is 2.32. The summed E-state index contributed by atoms with van der Waals surface area (Å²) in [5, 5.41) is 2.48. The lowest BCUT2D eigenvalue weighted by atomic mass is 10.2. The van der Waals surface area contributed by atoms with Gasteiger partial charge in [-0.1, -0.05) is 13.3 Å². The van der Waals surface area contributed by atoms with Crippen LogP contribution < -0.4 is 15.8 Å². The molecule has 4 N–H and O–H groups in total. The van der Waals surface area contributed by atoms with Gasteiger partial charge in [-0.05, 0) is 37.1 Å². The van der Waals surface area contributed by atoms with E-state index in [2.05, 4.69) is 5.32 Å². The van der Waals surface area contributed by atoms with Crippen molar-refractivity contribution in [3.05, 3.63) is 23.8 Å². The fraction of sp³-hybridized carbons (Fsp3) is 0.417. The van der Waals surface area contributed by atoms with Crippen LogP contribution in [0.3, 0.4) is 0 Å². The third-order valence-electron chi connectivity index (χ3n) is 2.59. The smallest absolute Gasteiger partial charge is 0.328 e. The molecule has 0 aliphatic rings. The molecule has 2 amide bonds. The molecule has 6 nitrogen and oxygen atoms in total. The third kappa shape index (κ3) is 4.44. The molecule has 0 atom stereocenters. The van der Waals surface area contributed by atoms with Crippen molar-refractivity contribution in [3.63, 3.8) is 0 Å². The van der Waals surface area contributed by atoms with Gasteiger partial charge in [0.25, 0.3) is 10.0 Å². The number of hydrogen-bond acceptors (Lipinski definition) is 4. The van der Waals surface area contributed by atoms with Crippen molar-refractivity contribution in [2.75, 3.05) is 12.3 Å². The number of nitrogen functional groups attached to an aromatic ring is 1. The number of carbonyl (C=O) groups excluding carboxylic acids is 1. The number of urea groups is 1. The first-order chi connectivity index (χ1) is 8.86. The molecule has 0 radical (unpaired) electrons. The number of amides is 2. The van der Waals surface area contributed by atoms with Crippen molar-refractivity contribution in [2.45, 2.75) is 31.6 Å². The fourth-order valence-electron chi connectivity index (χ4n) is 1.41. The number of aryl methyl sites for hydroxylation is 1. The van der Waals surface area contributed by atoms with E-state index in [0.29, 0.717) is 17.8 Å². The van der Waals surface area contributed by atoms with Crippen LogP contribution in [0.15, 0.2) is 23.1 Å². The summed E-state index contributed by atoms with van der Waals surface area (Å²) in [4.78, 5) is 11.5. The predicted molar refractivity (Wildman–Crippen MR) is 74.2 cm³/mol. The maximum Gasteiger partial charge on any atom is 0.328 e. The van der Waals surface area contributed by atoms with Gasteiger partial charge in [0.2, 0.25) is 0 Å². The second kappa shape index (κ2) is 6.42. The van der Waals surface area contributed by atoms with Crippen molar-refractivity contribution >= 4 is 21.7 Å². The molecule has 1 aromatic carbocycles. The van der Waals surface area contributed by atoms with Gasteiger partial charge < -0.3 is 11.1 Å². The first-order valence-electron chi connectivity index (χ1n) is 6.03. The van der Waals surface area contributed by atoms with E-state index in [-0.39, 0.29) is 4.90 Å². The maximum atomic E-state index is 11.9. The molecule has 1 rings (SSSR count). The highest BCUT2D eigenvalue weighted by molar-refractivity contribution is 7.90. The van der Waals surface area contributed by atoms with Crippen molar-refractivity contribution in [1.82, 2.24) is 10.0 Å². The Morgan fingerprint density at radius 1 is 1.37 bits per heavy atom. The summed E-state index contributed by atoms with van der Waals surface area (Å²) in [6.07, 6.45) is 1.72. The second-order valence-electron chi connectivity index (χ2n) is 4.23. The van der Waals surface area contributed by atoms with Crippen molar-refractivity contribution < 1.29 is 13.2 Å². The quantitative estimate of drug-likeness (QED) is 0.561. The Morgan fingerprint density at radius 2 is 2.05 bits per heavy atom. The van der Waals surface area contributed by atoms with Gasteiger partial charge in [-0.2, -0.15) is 0 Å². The van der Waals surface area contributed by atoms with Crippen LogP contribution in [0.2, 0.25) is 0 Å². The van der Waals surface area contributed by atoms with Crippen LogP contribution in [0.25, 0.3) is 0 Å². The highest BCUT2D eigenvalue weighted by Gasteiger charge is 2.17. The molecule has 19 heavy (non-hydrogen) atoms. The van der Waals surface area contributed by atoms with Crippen molar-refractivity contribution in [1.29, 1.82) is 0 Å². The van der Waals surface area contributed by atoms with Crippen molar-refractivity contribution in [2.24, 2.45) is 0 Å². The molecule has 0 aliphatic carbocycles. The van der Waals surface area contributed by atoms with Crippen LogP contribution in [-0.4, -0.2) is 21.0 Å². The summed E-state index contributed by atoms with van der Waals surface area (Å²) in [5.74, 6) is 0. The van der Waals surface area contributed by atoms with Gasteiger partial charge >= 0.3 is 6.03 Å². The zero-order valence-corrected chi connectivity index (χ0v) is 11.9. The Bertz CT molecular complexity index is 555. The molecule has 0 spiro atoms. The first kappa shape index (κ1) is 15.3. The number of anilines is 1. The van der Waals surface area contributed by atoms with E-state index in [1.165, 1.54) is 18.2 Å². The molecule has 0 bridgehead atoms. The van der Waals surface area contributed by atoms with Crippen molar-refractivity contribution in [3.8, 4) is 0 Å². The van der Waals surface area contributed by atoms with Gasteiger partial charge in [-0.15, -0.1) is 0 Å². The lowest BCUT2D eigenvalue weighted by molar-refractivity contribution is 0.245.